The summed E-state index contributed by atoms with van der Waals surface area (Å²) in [6.45, 7) is 14.1. The number of hydrogen-bond acceptors (Lipinski definition) is 6. The van der Waals surface area contributed by atoms with Crippen molar-refractivity contribution in [2.24, 2.45) is 28.6 Å². The van der Waals surface area contributed by atoms with Crippen LogP contribution in [0.4, 0.5) is 4.79 Å². The van der Waals surface area contributed by atoms with Crippen LogP contribution in [-0.4, -0.2) is 58.4 Å². The first-order valence-electron chi connectivity index (χ1n) is 18.5. The molecule has 0 unspecified atom stereocenters. The van der Waals surface area contributed by atoms with Gasteiger partial charge in [-0.3, -0.25) is 4.79 Å². The van der Waals surface area contributed by atoms with Crippen LogP contribution < -0.4 is 0 Å². The maximum Gasteiger partial charge on any atom is 0.409 e. The lowest BCUT2D eigenvalue weighted by molar-refractivity contribution is -0.120. The number of allylic oxidation sites excluding steroid dienone is 2. The largest absolute Gasteiger partial charge is 0.450 e. The molecule has 7 heteroatoms. The van der Waals surface area contributed by atoms with Crippen LogP contribution in [0.15, 0.2) is 42.0 Å². The summed E-state index contributed by atoms with van der Waals surface area (Å²) < 4.78 is 5.65. The average Bonchev–Trinajstić information content (AvgIpc) is 3.59. The molecule has 8 rings (SSSR count). The minimum absolute atomic E-state index is 0.00642. The van der Waals surface area contributed by atoms with E-state index in [1.165, 1.54) is 29.8 Å². The Morgan fingerprint density at radius 2 is 1.83 bits per heavy atom. The summed E-state index contributed by atoms with van der Waals surface area (Å²) in [5.74, 6) is 1.69. The number of aliphatic hydroxyl groups excluding tert-OH is 1. The van der Waals surface area contributed by atoms with Gasteiger partial charge in [0.2, 0.25) is 5.78 Å². The molecule has 0 radical (unpaired) electrons. The van der Waals surface area contributed by atoms with Gasteiger partial charge in [0, 0.05) is 22.4 Å². The molecular weight excluding hydrogens is 619 g/mol. The molecule has 262 valence electrons. The number of fused-ring (bicyclic) bond motifs is 10. The second-order valence-corrected chi connectivity index (χ2v) is 17.8. The summed E-state index contributed by atoms with van der Waals surface area (Å²) in [5.41, 5.74) is 2.38. The van der Waals surface area contributed by atoms with Crippen molar-refractivity contribution in [3.05, 3.63) is 68.4 Å². The summed E-state index contributed by atoms with van der Waals surface area (Å²) in [6.07, 6.45) is 9.74. The van der Waals surface area contributed by atoms with Crippen molar-refractivity contribution < 1.29 is 24.5 Å². The van der Waals surface area contributed by atoms with Crippen LogP contribution in [0.1, 0.15) is 130 Å². The SMILES string of the molecule is CCOC(=O)N(C[C@@H]1CC[C@H]2C[C@@H]1C2(C)C)C[C@]1(O)CC[C@H]2c3ccc(cc3C(=O)c3ccc(C)s3)C[C@@H](O)CCC(C)=CCC[C@@]21C. The van der Waals surface area contributed by atoms with Gasteiger partial charge < -0.3 is 19.8 Å². The van der Waals surface area contributed by atoms with E-state index in [0.717, 1.165) is 54.0 Å². The molecule has 0 saturated heterocycles. The van der Waals surface area contributed by atoms with Crippen molar-refractivity contribution in [3.8, 4) is 0 Å². The van der Waals surface area contributed by atoms with Crippen LogP contribution in [0.25, 0.3) is 0 Å². The third-order valence-electron chi connectivity index (χ3n) is 13.3. The van der Waals surface area contributed by atoms with Gasteiger partial charge in [-0.1, -0.05) is 44.6 Å². The van der Waals surface area contributed by atoms with Crippen molar-refractivity contribution >= 4 is 23.2 Å². The van der Waals surface area contributed by atoms with Crippen LogP contribution >= 0.6 is 11.3 Å². The van der Waals surface area contributed by atoms with E-state index in [1.807, 2.05) is 36.9 Å². The van der Waals surface area contributed by atoms with Crippen LogP contribution in [0.2, 0.25) is 0 Å². The Morgan fingerprint density at radius 1 is 1.04 bits per heavy atom. The van der Waals surface area contributed by atoms with Gasteiger partial charge in [-0.15, -0.1) is 11.3 Å². The Kier molecular flexibility index (Phi) is 10.1. The maximum absolute atomic E-state index is 14.2. The molecule has 4 saturated carbocycles. The highest BCUT2D eigenvalue weighted by atomic mass is 32.1. The molecule has 7 atom stereocenters. The minimum atomic E-state index is -1.16. The second-order valence-electron chi connectivity index (χ2n) is 16.5. The lowest BCUT2D eigenvalue weighted by atomic mass is 9.45. The van der Waals surface area contributed by atoms with E-state index in [2.05, 4.69) is 45.9 Å². The topological polar surface area (TPSA) is 87.1 Å². The Labute approximate surface area is 292 Å². The van der Waals surface area contributed by atoms with Gasteiger partial charge in [-0.05, 0) is 143 Å². The zero-order valence-corrected chi connectivity index (χ0v) is 30.8. The first kappa shape index (κ1) is 35.3. The van der Waals surface area contributed by atoms with Crippen molar-refractivity contribution in [1.82, 2.24) is 4.90 Å². The Balaban J connectivity index is 1.38. The van der Waals surface area contributed by atoms with Gasteiger partial charge >= 0.3 is 6.09 Å². The number of aryl methyl sites for hydroxylation is 1. The fraction of sp³-hybridized carbons (Fsp3) is 0.659. The molecule has 2 N–H and O–H groups in total. The van der Waals surface area contributed by atoms with E-state index in [9.17, 15) is 19.8 Å². The first-order valence-corrected chi connectivity index (χ1v) is 19.3. The Morgan fingerprint density at radius 3 is 2.52 bits per heavy atom. The van der Waals surface area contributed by atoms with Crippen molar-refractivity contribution in [1.29, 1.82) is 0 Å². The summed E-state index contributed by atoms with van der Waals surface area (Å²) in [6, 6.07) is 10.1. The molecule has 1 aromatic heterocycles. The molecule has 6 aliphatic carbocycles. The molecule has 4 fully saturated rings. The quantitative estimate of drug-likeness (QED) is 0.226. The van der Waals surface area contributed by atoms with E-state index in [1.54, 1.807) is 0 Å². The number of carbonyl (C=O) groups excluding carboxylic acids is 2. The molecule has 1 amide bonds. The van der Waals surface area contributed by atoms with E-state index in [-0.39, 0.29) is 24.3 Å². The number of nitrogens with zero attached hydrogens (tertiary/aromatic N) is 1. The number of benzene rings is 1. The molecule has 2 aromatic rings. The normalized spacial score (nSPS) is 32.8. The highest BCUT2D eigenvalue weighted by molar-refractivity contribution is 7.14. The van der Waals surface area contributed by atoms with Gasteiger partial charge in [0.1, 0.15) is 0 Å². The van der Waals surface area contributed by atoms with E-state index in [0.29, 0.717) is 60.1 Å². The van der Waals surface area contributed by atoms with Crippen LogP contribution in [0.5, 0.6) is 0 Å². The van der Waals surface area contributed by atoms with E-state index >= 15 is 0 Å². The third kappa shape index (κ3) is 6.56. The molecule has 48 heavy (non-hydrogen) atoms. The third-order valence-corrected chi connectivity index (χ3v) is 14.3. The molecule has 4 bridgehead atoms. The molecule has 6 aliphatic rings. The average molecular weight is 676 g/mol. The molecule has 0 spiro atoms. The fourth-order valence-corrected chi connectivity index (χ4v) is 10.9. The Hall–Kier alpha value is -2.48. The molecule has 1 heterocycles. The maximum atomic E-state index is 14.2. The lowest BCUT2D eigenvalue weighted by Crippen LogP contribution is -2.58. The van der Waals surface area contributed by atoms with Crippen molar-refractivity contribution in [3.63, 3.8) is 0 Å². The monoisotopic (exact) mass is 675 g/mol. The summed E-state index contributed by atoms with van der Waals surface area (Å²) in [5, 5.41) is 23.9. The first-order chi connectivity index (χ1) is 22.8. The van der Waals surface area contributed by atoms with Crippen LogP contribution in [0, 0.1) is 35.5 Å². The van der Waals surface area contributed by atoms with Gasteiger partial charge in [-0.25, -0.2) is 4.79 Å². The number of thiophene rings is 1. The van der Waals surface area contributed by atoms with E-state index in [4.69, 9.17) is 4.74 Å². The summed E-state index contributed by atoms with van der Waals surface area (Å²) in [4.78, 5) is 31.5. The zero-order valence-electron chi connectivity index (χ0n) is 30.0. The number of carbonyl (C=O) groups is 2. The predicted molar refractivity (Wildman–Crippen MR) is 193 cm³/mol. The van der Waals surface area contributed by atoms with Crippen LogP contribution in [-0.2, 0) is 11.2 Å². The van der Waals surface area contributed by atoms with Crippen LogP contribution in [0.3, 0.4) is 0 Å². The van der Waals surface area contributed by atoms with E-state index < -0.39 is 17.1 Å². The molecule has 1 aromatic carbocycles. The van der Waals surface area contributed by atoms with Gasteiger partial charge in [0.05, 0.1) is 29.7 Å². The van der Waals surface area contributed by atoms with Gasteiger partial charge in [0.25, 0.3) is 0 Å². The number of amides is 1. The smallest absolute Gasteiger partial charge is 0.409 e. The lowest BCUT2D eigenvalue weighted by Gasteiger charge is -2.60. The molecule has 6 nitrogen and oxygen atoms in total. The number of hydrogen-bond donors (Lipinski definition) is 2. The van der Waals surface area contributed by atoms with Crippen molar-refractivity contribution in [2.75, 3.05) is 19.7 Å². The number of rotatable bonds is 7. The standard InChI is InChI=1S/C41H57NO5S/c1-7-47-38(45)42(24-29-13-14-30-23-35(29)39(30,4)5)25-41(46)20-18-34-32-16-12-28(22-33(32)37(44)36-17-11-27(3)48-36)21-31(43)15-10-26(2)9-8-19-40(34,41)6/h9,11-12,16-17,22,29-31,34-35,43,46H,7-8,10,13-15,18-21,23-25H2,1-6H3/t29-,30-,31-,34-,35-,40-,41+/m0/s1. The fourth-order valence-electron chi connectivity index (χ4n) is 10.1. The summed E-state index contributed by atoms with van der Waals surface area (Å²) >= 11 is 1.51. The van der Waals surface area contributed by atoms with Crippen molar-refractivity contribution in [2.45, 2.75) is 123 Å². The molecular formula is C41H57NO5S. The number of ether oxygens (including phenoxy) is 1. The van der Waals surface area contributed by atoms with Gasteiger partial charge in [-0.2, -0.15) is 0 Å². The van der Waals surface area contributed by atoms with Gasteiger partial charge in [0.15, 0.2) is 0 Å². The number of aliphatic hydroxyl groups is 2. The second kappa shape index (κ2) is 13.7. The highest BCUT2D eigenvalue weighted by Crippen LogP contribution is 2.62. The Bertz CT molecular complexity index is 1540. The minimum Gasteiger partial charge on any atom is -0.450 e. The molecule has 0 aliphatic heterocycles. The predicted octanol–water partition coefficient (Wildman–Crippen LogP) is 8.86. The number of ketones is 1. The zero-order chi connectivity index (χ0) is 34.4. The summed E-state index contributed by atoms with van der Waals surface area (Å²) in [7, 11) is 0. The highest BCUT2D eigenvalue weighted by Gasteiger charge is 2.59.